The molecule has 1 aliphatic heterocycles. The van der Waals surface area contributed by atoms with E-state index in [4.69, 9.17) is 5.73 Å². The summed E-state index contributed by atoms with van der Waals surface area (Å²) in [6.07, 6.45) is 2.51. The average Bonchev–Trinajstić information content (AvgIpc) is 2.90. The second-order valence-corrected chi connectivity index (χ2v) is 5.68. The van der Waals surface area contributed by atoms with Crippen LogP contribution in [-0.4, -0.2) is 34.4 Å². The number of amidine groups is 1. The van der Waals surface area contributed by atoms with Crippen molar-refractivity contribution in [2.75, 3.05) is 17.3 Å². The van der Waals surface area contributed by atoms with E-state index in [0.29, 0.717) is 11.3 Å². The van der Waals surface area contributed by atoms with Crippen LogP contribution >= 0.6 is 23.5 Å². The van der Waals surface area contributed by atoms with Crippen molar-refractivity contribution >= 4 is 29.4 Å². The van der Waals surface area contributed by atoms with Gasteiger partial charge in [0.2, 0.25) is 0 Å². The zero-order valence-corrected chi connectivity index (χ0v) is 8.66. The third kappa shape index (κ3) is 2.33. The molecule has 2 fully saturated rings. The first-order valence-electron chi connectivity index (χ1n) is 4.39. The maximum atomic E-state index is 5.91. The Kier molecular flexibility index (Phi) is 2.86. The van der Waals surface area contributed by atoms with Crippen molar-refractivity contribution in [1.82, 2.24) is 0 Å². The van der Waals surface area contributed by atoms with Gasteiger partial charge in [0.25, 0.3) is 0 Å². The van der Waals surface area contributed by atoms with Gasteiger partial charge in [0.1, 0.15) is 5.84 Å². The molecule has 0 aromatic carbocycles. The lowest BCUT2D eigenvalue weighted by Gasteiger charge is -2.20. The van der Waals surface area contributed by atoms with E-state index in [1.807, 2.05) is 23.5 Å². The van der Waals surface area contributed by atoms with Gasteiger partial charge in [0, 0.05) is 17.3 Å². The Morgan fingerprint density at radius 2 is 2.17 bits per heavy atom. The highest BCUT2D eigenvalue weighted by atomic mass is 32.2. The Morgan fingerprint density at radius 3 is 2.75 bits per heavy atom. The smallest absolute Gasteiger partial charge is 0.108 e. The summed E-state index contributed by atoms with van der Waals surface area (Å²) in [5.41, 5.74) is 5.91. The summed E-state index contributed by atoms with van der Waals surface area (Å²) in [5.74, 6) is 4.57. The van der Waals surface area contributed by atoms with Crippen molar-refractivity contribution in [3.05, 3.63) is 0 Å². The maximum Gasteiger partial charge on any atom is 0.108 e. The normalized spacial score (nSPS) is 32.0. The molecule has 1 aliphatic carbocycles. The summed E-state index contributed by atoms with van der Waals surface area (Å²) in [7, 11) is 0. The molecule has 1 unspecified atom stereocenters. The lowest BCUT2D eigenvalue weighted by molar-refractivity contribution is 1.04. The molecule has 0 aromatic heterocycles. The molecule has 2 nitrogen and oxygen atoms in total. The van der Waals surface area contributed by atoms with E-state index in [1.54, 1.807) is 0 Å². The van der Waals surface area contributed by atoms with Crippen LogP contribution in [0.25, 0.3) is 0 Å². The molecule has 1 saturated carbocycles. The highest BCUT2D eigenvalue weighted by molar-refractivity contribution is 8.07. The van der Waals surface area contributed by atoms with Gasteiger partial charge in [-0.15, -0.1) is 11.8 Å². The molecule has 0 aromatic rings. The van der Waals surface area contributed by atoms with Crippen LogP contribution in [0.3, 0.4) is 0 Å². The van der Waals surface area contributed by atoms with E-state index < -0.39 is 0 Å². The molecule has 2 N–H and O–H groups in total. The Bertz CT molecular complexity index is 183. The highest BCUT2D eigenvalue weighted by Gasteiger charge is 2.24. The zero-order valence-electron chi connectivity index (χ0n) is 7.03. The van der Waals surface area contributed by atoms with E-state index in [2.05, 4.69) is 4.99 Å². The van der Waals surface area contributed by atoms with Crippen molar-refractivity contribution in [2.45, 2.75) is 24.1 Å². The SMILES string of the molecule is NC(=NC1CC1)C1CSCCS1. The fraction of sp³-hybridized carbons (Fsp3) is 0.875. The largest absolute Gasteiger partial charge is 0.387 e. The van der Waals surface area contributed by atoms with Crippen molar-refractivity contribution in [3.63, 3.8) is 0 Å². The Morgan fingerprint density at radius 1 is 1.33 bits per heavy atom. The molecule has 12 heavy (non-hydrogen) atoms. The number of rotatable bonds is 2. The minimum atomic E-state index is 0.504. The molecule has 2 rings (SSSR count). The van der Waals surface area contributed by atoms with Gasteiger partial charge in [-0.1, -0.05) is 0 Å². The summed E-state index contributed by atoms with van der Waals surface area (Å²) < 4.78 is 0. The van der Waals surface area contributed by atoms with Gasteiger partial charge in [-0.3, -0.25) is 4.99 Å². The van der Waals surface area contributed by atoms with Crippen LogP contribution in [0.1, 0.15) is 12.8 Å². The van der Waals surface area contributed by atoms with Crippen molar-refractivity contribution < 1.29 is 0 Å². The van der Waals surface area contributed by atoms with Crippen molar-refractivity contribution in [3.8, 4) is 0 Å². The summed E-state index contributed by atoms with van der Waals surface area (Å²) >= 11 is 3.96. The van der Waals surface area contributed by atoms with E-state index in [-0.39, 0.29) is 0 Å². The summed E-state index contributed by atoms with van der Waals surface area (Å²) in [5, 5.41) is 0.504. The minimum absolute atomic E-state index is 0.504. The Hall–Kier alpha value is 0.170. The molecule has 0 amide bonds. The predicted octanol–water partition coefficient (Wildman–Crippen LogP) is 1.35. The van der Waals surface area contributed by atoms with Crippen LogP contribution in [0.15, 0.2) is 4.99 Å². The molecule has 2 aliphatic rings. The maximum absolute atomic E-state index is 5.91. The second kappa shape index (κ2) is 3.92. The number of nitrogens with two attached hydrogens (primary N) is 1. The van der Waals surface area contributed by atoms with Crippen LogP contribution in [0, 0.1) is 0 Å². The van der Waals surface area contributed by atoms with Crippen LogP contribution in [0.4, 0.5) is 0 Å². The molecule has 4 heteroatoms. The van der Waals surface area contributed by atoms with Gasteiger partial charge >= 0.3 is 0 Å². The first-order valence-corrected chi connectivity index (χ1v) is 6.59. The molecule has 1 heterocycles. The monoisotopic (exact) mass is 202 g/mol. The molecule has 1 atom stereocenters. The number of hydrogen-bond acceptors (Lipinski definition) is 3. The lowest BCUT2D eigenvalue weighted by atomic mass is 10.4. The summed E-state index contributed by atoms with van der Waals surface area (Å²) in [6, 6.07) is 0.581. The fourth-order valence-corrected chi connectivity index (χ4v) is 3.75. The molecule has 0 radical (unpaired) electrons. The molecular weight excluding hydrogens is 188 g/mol. The van der Waals surface area contributed by atoms with Crippen LogP contribution < -0.4 is 5.73 Å². The average molecular weight is 202 g/mol. The zero-order chi connectivity index (χ0) is 8.39. The van der Waals surface area contributed by atoms with Gasteiger partial charge in [-0.05, 0) is 12.8 Å². The van der Waals surface area contributed by atoms with Crippen molar-refractivity contribution in [1.29, 1.82) is 0 Å². The van der Waals surface area contributed by atoms with Crippen LogP contribution in [0.5, 0.6) is 0 Å². The van der Waals surface area contributed by atoms with Gasteiger partial charge in [0.15, 0.2) is 0 Å². The standard InChI is InChI=1S/C8H14N2S2/c9-8(10-6-1-2-6)7-5-11-3-4-12-7/h6-7H,1-5H2,(H2,9,10). The lowest BCUT2D eigenvalue weighted by Crippen LogP contribution is -2.31. The molecular formula is C8H14N2S2. The van der Waals surface area contributed by atoms with E-state index >= 15 is 0 Å². The fourth-order valence-electron chi connectivity index (χ4n) is 1.16. The Labute approximate surface area is 81.8 Å². The van der Waals surface area contributed by atoms with Gasteiger partial charge in [-0.2, -0.15) is 11.8 Å². The second-order valence-electron chi connectivity index (χ2n) is 3.22. The third-order valence-electron chi connectivity index (χ3n) is 2.02. The van der Waals surface area contributed by atoms with E-state index in [0.717, 1.165) is 11.6 Å². The molecule has 68 valence electrons. The number of nitrogens with zero attached hydrogens (tertiary/aromatic N) is 1. The third-order valence-corrected chi connectivity index (χ3v) is 4.81. The summed E-state index contributed by atoms with van der Waals surface area (Å²) in [4.78, 5) is 4.47. The van der Waals surface area contributed by atoms with Crippen LogP contribution in [0.2, 0.25) is 0 Å². The molecule has 0 spiro atoms. The van der Waals surface area contributed by atoms with E-state index in [1.165, 1.54) is 24.3 Å². The summed E-state index contributed by atoms with van der Waals surface area (Å²) in [6.45, 7) is 0. The highest BCUT2D eigenvalue weighted by Crippen LogP contribution is 2.27. The van der Waals surface area contributed by atoms with Gasteiger partial charge in [-0.25, -0.2) is 0 Å². The minimum Gasteiger partial charge on any atom is -0.387 e. The van der Waals surface area contributed by atoms with Crippen LogP contribution in [-0.2, 0) is 0 Å². The van der Waals surface area contributed by atoms with E-state index in [9.17, 15) is 0 Å². The molecule has 0 bridgehead atoms. The Balaban J connectivity index is 1.87. The van der Waals surface area contributed by atoms with Gasteiger partial charge in [0.05, 0.1) is 11.3 Å². The van der Waals surface area contributed by atoms with Gasteiger partial charge < -0.3 is 5.73 Å². The van der Waals surface area contributed by atoms with Crippen molar-refractivity contribution in [2.24, 2.45) is 10.7 Å². The predicted molar refractivity (Wildman–Crippen MR) is 58.2 cm³/mol. The molecule has 1 saturated heterocycles. The number of hydrogen-bond donors (Lipinski definition) is 1. The topological polar surface area (TPSA) is 38.4 Å². The number of thioether (sulfide) groups is 2. The first-order chi connectivity index (χ1) is 5.86. The number of aliphatic imine (C=N–C) groups is 1. The first kappa shape index (κ1) is 8.75. The quantitative estimate of drug-likeness (QED) is 0.543.